The summed E-state index contributed by atoms with van der Waals surface area (Å²) in [6.07, 6.45) is 0.784. The number of hydrogen-bond acceptors (Lipinski definition) is 5. The Morgan fingerprint density at radius 2 is 1.96 bits per heavy atom. The van der Waals surface area contributed by atoms with Crippen molar-refractivity contribution in [2.75, 3.05) is 18.6 Å². The first-order valence-electron chi connectivity index (χ1n) is 9.03. The van der Waals surface area contributed by atoms with E-state index in [9.17, 15) is 14.9 Å². The fourth-order valence-electron chi connectivity index (χ4n) is 3.77. The van der Waals surface area contributed by atoms with Crippen molar-refractivity contribution in [3.63, 3.8) is 0 Å². The number of Topliss-reactive ketones (excluding diaryl/α,β-unsaturated/α-hetero) is 1. The average Bonchev–Trinajstić information content (AvgIpc) is 3.09. The molecule has 2 aromatic carbocycles. The van der Waals surface area contributed by atoms with E-state index < -0.39 is 0 Å². The molecule has 3 aromatic rings. The second-order valence-electron chi connectivity index (χ2n) is 6.91. The minimum absolute atomic E-state index is 0.0294. The summed E-state index contributed by atoms with van der Waals surface area (Å²) in [6.45, 7) is 2.85. The van der Waals surface area contributed by atoms with Crippen LogP contribution in [0, 0.1) is 11.3 Å². The zero-order chi connectivity index (χ0) is 19.8. The van der Waals surface area contributed by atoms with Crippen molar-refractivity contribution in [3.05, 3.63) is 64.3 Å². The molecular formula is C22H19N3O3. The molecule has 0 aliphatic carbocycles. The second kappa shape index (κ2) is 6.86. The summed E-state index contributed by atoms with van der Waals surface area (Å²) < 4.78 is 4.83. The van der Waals surface area contributed by atoms with Crippen molar-refractivity contribution in [2.45, 2.75) is 19.9 Å². The number of H-pyrrole nitrogens is 1. The first-order chi connectivity index (χ1) is 13.5. The Kier molecular flexibility index (Phi) is 4.36. The van der Waals surface area contributed by atoms with Crippen molar-refractivity contribution in [1.82, 2.24) is 4.98 Å². The van der Waals surface area contributed by atoms with Gasteiger partial charge in [0.2, 0.25) is 0 Å². The van der Waals surface area contributed by atoms with Gasteiger partial charge in [0.25, 0.3) is 0 Å². The molecule has 0 saturated carbocycles. The highest BCUT2D eigenvalue weighted by atomic mass is 16.5. The molecule has 0 unspecified atom stereocenters. The molecule has 0 fully saturated rings. The van der Waals surface area contributed by atoms with Gasteiger partial charge in [-0.3, -0.25) is 4.79 Å². The van der Waals surface area contributed by atoms with Gasteiger partial charge in [-0.1, -0.05) is 0 Å². The molecule has 1 aromatic heterocycles. The number of ether oxygens (including phenoxy) is 1. The Labute approximate surface area is 162 Å². The van der Waals surface area contributed by atoms with E-state index in [-0.39, 0.29) is 11.8 Å². The first-order valence-corrected chi connectivity index (χ1v) is 9.03. The van der Waals surface area contributed by atoms with Gasteiger partial charge in [0.15, 0.2) is 5.78 Å². The fraction of sp³-hybridized carbons (Fsp3) is 0.227. The molecule has 0 bridgehead atoms. The van der Waals surface area contributed by atoms with Crippen LogP contribution in [0.2, 0.25) is 0 Å². The lowest BCUT2D eigenvalue weighted by atomic mass is 10.0. The normalized spacial score (nSPS) is 13.1. The van der Waals surface area contributed by atoms with E-state index in [0.717, 1.165) is 40.8 Å². The van der Waals surface area contributed by atoms with Gasteiger partial charge in [0.1, 0.15) is 6.07 Å². The second-order valence-corrected chi connectivity index (χ2v) is 6.91. The predicted molar refractivity (Wildman–Crippen MR) is 106 cm³/mol. The monoisotopic (exact) mass is 373 g/mol. The minimum atomic E-state index is -0.370. The Hall–Kier alpha value is -3.59. The van der Waals surface area contributed by atoms with Crippen LogP contribution >= 0.6 is 0 Å². The molecule has 0 atom stereocenters. The van der Waals surface area contributed by atoms with Gasteiger partial charge in [0.05, 0.1) is 23.9 Å². The third-order valence-electron chi connectivity index (χ3n) is 5.26. The zero-order valence-corrected chi connectivity index (χ0v) is 15.7. The first kappa shape index (κ1) is 17.8. The van der Waals surface area contributed by atoms with Crippen molar-refractivity contribution >= 4 is 28.3 Å². The third-order valence-corrected chi connectivity index (χ3v) is 5.26. The molecule has 1 aliphatic heterocycles. The van der Waals surface area contributed by atoms with Gasteiger partial charge in [-0.05, 0) is 43.3 Å². The number of aromatic amines is 1. The lowest BCUT2D eigenvalue weighted by molar-refractivity contribution is 0.0600. The molecule has 4 rings (SSSR count). The third kappa shape index (κ3) is 2.91. The summed E-state index contributed by atoms with van der Waals surface area (Å²) in [5.74, 6) is -0.399. The van der Waals surface area contributed by atoms with Crippen LogP contribution in [0.3, 0.4) is 0 Å². The minimum Gasteiger partial charge on any atom is -0.465 e. The van der Waals surface area contributed by atoms with E-state index in [2.05, 4.69) is 16.0 Å². The number of carbonyl (C=O) groups is 2. The quantitative estimate of drug-likeness (QED) is 0.560. The molecule has 0 spiro atoms. The average molecular weight is 373 g/mol. The summed E-state index contributed by atoms with van der Waals surface area (Å²) in [5.41, 5.74) is 5.61. The number of esters is 1. The molecule has 0 radical (unpaired) electrons. The molecule has 6 heteroatoms. The van der Waals surface area contributed by atoms with Gasteiger partial charge < -0.3 is 14.6 Å². The van der Waals surface area contributed by atoms with Gasteiger partial charge in [-0.2, -0.15) is 5.26 Å². The highest BCUT2D eigenvalue weighted by Crippen LogP contribution is 2.32. The molecule has 6 nitrogen and oxygen atoms in total. The molecule has 28 heavy (non-hydrogen) atoms. The maximum absolute atomic E-state index is 11.9. The van der Waals surface area contributed by atoms with Crippen LogP contribution in [0.1, 0.15) is 44.5 Å². The summed E-state index contributed by atoms with van der Waals surface area (Å²) in [7, 11) is 1.37. The largest absolute Gasteiger partial charge is 0.465 e. The fourth-order valence-corrected chi connectivity index (χ4v) is 3.77. The predicted octanol–water partition coefficient (Wildman–Crippen LogP) is 3.59. The van der Waals surface area contributed by atoms with Crippen LogP contribution in [0.15, 0.2) is 36.4 Å². The number of aromatic nitrogens is 1. The molecule has 1 N–H and O–H groups in total. The number of rotatable bonds is 3. The summed E-state index contributed by atoms with van der Waals surface area (Å²) in [4.78, 5) is 29.2. The van der Waals surface area contributed by atoms with E-state index in [1.54, 1.807) is 24.3 Å². The number of nitriles is 1. The Morgan fingerprint density at radius 1 is 1.18 bits per heavy atom. The molecule has 140 valence electrons. The Balaban J connectivity index is 1.77. The molecule has 0 saturated heterocycles. The van der Waals surface area contributed by atoms with Crippen molar-refractivity contribution < 1.29 is 14.3 Å². The highest BCUT2D eigenvalue weighted by molar-refractivity contribution is 5.97. The molecular weight excluding hydrogens is 354 g/mol. The van der Waals surface area contributed by atoms with Crippen molar-refractivity contribution in [1.29, 1.82) is 5.26 Å². The van der Waals surface area contributed by atoms with E-state index in [1.807, 2.05) is 12.1 Å². The highest BCUT2D eigenvalue weighted by Gasteiger charge is 2.24. The van der Waals surface area contributed by atoms with E-state index in [1.165, 1.54) is 14.0 Å². The van der Waals surface area contributed by atoms with Crippen LogP contribution in [0.4, 0.5) is 5.69 Å². The van der Waals surface area contributed by atoms with Crippen LogP contribution in [-0.2, 0) is 17.7 Å². The topological polar surface area (TPSA) is 86.2 Å². The lowest BCUT2D eigenvalue weighted by Crippen LogP contribution is -2.30. The Bertz CT molecular complexity index is 1150. The number of benzene rings is 2. The number of nitrogens with one attached hydrogen (secondary N) is 1. The number of carbonyl (C=O) groups excluding carboxylic acids is 2. The van der Waals surface area contributed by atoms with E-state index >= 15 is 0 Å². The molecule has 1 aliphatic rings. The van der Waals surface area contributed by atoms with Gasteiger partial charge in [-0.15, -0.1) is 0 Å². The van der Waals surface area contributed by atoms with Crippen molar-refractivity contribution in [2.24, 2.45) is 0 Å². The molecule has 2 heterocycles. The van der Waals surface area contributed by atoms with E-state index in [4.69, 9.17) is 4.74 Å². The molecule has 0 amide bonds. The van der Waals surface area contributed by atoms with Crippen LogP contribution in [-0.4, -0.2) is 30.4 Å². The van der Waals surface area contributed by atoms with Crippen LogP contribution < -0.4 is 4.90 Å². The van der Waals surface area contributed by atoms with Crippen molar-refractivity contribution in [3.8, 4) is 6.07 Å². The SMILES string of the molecule is COC(=O)c1ccc2[nH]c3c(c2c1)CN(c1cc(C(C)=O)ccc1C#N)CC3. The number of anilines is 1. The number of methoxy groups -OCH3 is 1. The maximum atomic E-state index is 11.9. The van der Waals surface area contributed by atoms with Crippen LogP contribution in [0.5, 0.6) is 0 Å². The summed E-state index contributed by atoms with van der Waals surface area (Å²) >= 11 is 0. The summed E-state index contributed by atoms with van der Waals surface area (Å²) in [6, 6.07) is 12.9. The van der Waals surface area contributed by atoms with E-state index in [0.29, 0.717) is 23.2 Å². The standard InChI is InChI=1S/C22H19N3O3/c1-13(26)14-3-4-16(11-23)21(10-14)25-8-7-20-18(12-25)17-9-15(22(27)28-2)5-6-19(17)24-20/h3-6,9-10,24H,7-8,12H2,1-2H3. The number of hydrogen-bond donors (Lipinski definition) is 1. The summed E-state index contributed by atoms with van der Waals surface area (Å²) in [5, 5.41) is 10.5. The van der Waals surface area contributed by atoms with Gasteiger partial charge in [0, 0.05) is 47.2 Å². The van der Waals surface area contributed by atoms with Crippen LogP contribution in [0.25, 0.3) is 10.9 Å². The lowest BCUT2D eigenvalue weighted by Gasteiger charge is -2.30. The maximum Gasteiger partial charge on any atom is 0.337 e. The number of nitrogens with zero attached hydrogens (tertiary/aromatic N) is 2. The Morgan fingerprint density at radius 3 is 2.68 bits per heavy atom. The van der Waals surface area contributed by atoms with Gasteiger partial charge in [-0.25, -0.2) is 4.79 Å². The number of ketones is 1. The zero-order valence-electron chi connectivity index (χ0n) is 15.7. The number of fused-ring (bicyclic) bond motifs is 3. The van der Waals surface area contributed by atoms with Gasteiger partial charge >= 0.3 is 5.97 Å². The smallest absolute Gasteiger partial charge is 0.337 e.